The van der Waals surface area contributed by atoms with Gasteiger partial charge in [-0.25, -0.2) is 4.79 Å². The molecule has 0 aliphatic carbocycles. The lowest BCUT2D eigenvalue weighted by atomic mass is 10.1. The van der Waals surface area contributed by atoms with Crippen LogP contribution in [-0.2, 0) is 11.3 Å². The molecular formula is C9H9N3O2. The minimum atomic E-state index is -0.222. The Balaban J connectivity index is 2.32. The van der Waals surface area contributed by atoms with Gasteiger partial charge in [-0.15, -0.1) is 0 Å². The van der Waals surface area contributed by atoms with Gasteiger partial charge < -0.3 is 16.0 Å². The second-order valence-electron chi connectivity index (χ2n) is 2.94. The van der Waals surface area contributed by atoms with E-state index in [0.717, 1.165) is 11.3 Å². The van der Waals surface area contributed by atoms with Crippen molar-refractivity contribution in [2.24, 2.45) is 0 Å². The molecule has 1 aliphatic heterocycles. The normalized spacial score (nSPS) is 13.6. The molecule has 1 heterocycles. The summed E-state index contributed by atoms with van der Waals surface area (Å²) in [6, 6.07) is 5.14. The minimum Gasteiger partial charge on any atom is -0.334 e. The quantitative estimate of drug-likeness (QED) is 0.607. The van der Waals surface area contributed by atoms with E-state index >= 15 is 0 Å². The Bertz CT molecular complexity index is 390. The number of amides is 3. The van der Waals surface area contributed by atoms with Gasteiger partial charge in [0.1, 0.15) is 0 Å². The summed E-state index contributed by atoms with van der Waals surface area (Å²) in [4.78, 5) is 21.2. The van der Waals surface area contributed by atoms with Crippen LogP contribution in [0.2, 0.25) is 0 Å². The van der Waals surface area contributed by atoms with E-state index in [1.807, 2.05) is 6.07 Å². The maximum absolute atomic E-state index is 11.0. The summed E-state index contributed by atoms with van der Waals surface area (Å²) in [7, 11) is 0. The molecule has 1 aromatic rings. The number of carbonyl (C=O) groups is 2. The van der Waals surface area contributed by atoms with Crippen molar-refractivity contribution in [3.05, 3.63) is 23.8 Å². The summed E-state index contributed by atoms with van der Waals surface area (Å²) in [5.74, 6) is 0. The first-order valence-corrected chi connectivity index (χ1v) is 4.17. The summed E-state index contributed by atoms with van der Waals surface area (Å²) < 4.78 is 0. The summed E-state index contributed by atoms with van der Waals surface area (Å²) in [6.45, 7) is 0.516. The first-order valence-electron chi connectivity index (χ1n) is 4.17. The molecule has 0 saturated carbocycles. The largest absolute Gasteiger partial charge is 0.334 e. The van der Waals surface area contributed by atoms with Gasteiger partial charge in [-0.05, 0) is 17.7 Å². The van der Waals surface area contributed by atoms with Crippen LogP contribution < -0.4 is 16.0 Å². The van der Waals surface area contributed by atoms with Gasteiger partial charge in [0.05, 0.1) is 0 Å². The lowest BCUT2D eigenvalue weighted by molar-refractivity contribution is -0.105. The van der Waals surface area contributed by atoms with E-state index in [0.29, 0.717) is 18.6 Å². The molecule has 1 aromatic carbocycles. The number of anilines is 2. The number of rotatable bonds is 2. The molecule has 0 bridgehead atoms. The van der Waals surface area contributed by atoms with Crippen molar-refractivity contribution in [1.82, 2.24) is 5.32 Å². The number of benzene rings is 1. The molecule has 0 fully saturated rings. The fraction of sp³-hybridized carbons (Fsp3) is 0.111. The molecule has 0 atom stereocenters. The minimum absolute atomic E-state index is 0.222. The van der Waals surface area contributed by atoms with Gasteiger partial charge in [0, 0.05) is 17.9 Å². The molecule has 5 nitrogen and oxygen atoms in total. The van der Waals surface area contributed by atoms with Gasteiger partial charge in [-0.1, -0.05) is 6.07 Å². The third-order valence-corrected chi connectivity index (χ3v) is 2.02. The fourth-order valence-electron chi connectivity index (χ4n) is 1.35. The predicted molar refractivity (Wildman–Crippen MR) is 52.0 cm³/mol. The zero-order valence-corrected chi connectivity index (χ0v) is 7.33. The van der Waals surface area contributed by atoms with Crippen LogP contribution >= 0.6 is 0 Å². The summed E-state index contributed by atoms with van der Waals surface area (Å²) in [6.07, 6.45) is 0.602. The molecule has 3 amide bonds. The monoisotopic (exact) mass is 191 g/mol. The summed E-state index contributed by atoms with van der Waals surface area (Å²) in [5, 5.41) is 7.82. The molecule has 14 heavy (non-hydrogen) atoms. The van der Waals surface area contributed by atoms with E-state index in [1.54, 1.807) is 12.1 Å². The molecule has 0 unspecified atom stereocenters. The number of nitrogens with one attached hydrogen (secondary N) is 3. The Hall–Kier alpha value is -2.04. The molecule has 1 aliphatic rings. The van der Waals surface area contributed by atoms with E-state index in [2.05, 4.69) is 16.0 Å². The van der Waals surface area contributed by atoms with Crippen LogP contribution in [0.1, 0.15) is 5.56 Å². The van der Waals surface area contributed by atoms with Gasteiger partial charge in [-0.2, -0.15) is 0 Å². The van der Waals surface area contributed by atoms with Crippen LogP contribution in [0.15, 0.2) is 18.2 Å². The second kappa shape index (κ2) is 3.37. The summed E-state index contributed by atoms with van der Waals surface area (Å²) in [5.41, 5.74) is 2.41. The second-order valence-corrected chi connectivity index (χ2v) is 2.94. The van der Waals surface area contributed by atoms with Gasteiger partial charge in [0.2, 0.25) is 6.41 Å². The van der Waals surface area contributed by atoms with Crippen LogP contribution in [0.5, 0.6) is 0 Å². The SMILES string of the molecule is O=CNc1ccc2c(c1)NC(=O)NC2. The Morgan fingerprint density at radius 3 is 3.07 bits per heavy atom. The topological polar surface area (TPSA) is 70.2 Å². The Kier molecular flexibility index (Phi) is 2.06. The third kappa shape index (κ3) is 1.52. The molecule has 0 saturated heterocycles. The third-order valence-electron chi connectivity index (χ3n) is 2.02. The van der Waals surface area contributed by atoms with Gasteiger partial charge >= 0.3 is 6.03 Å². The molecule has 0 spiro atoms. The number of carbonyl (C=O) groups excluding carboxylic acids is 2. The van der Waals surface area contributed by atoms with Crippen molar-refractivity contribution < 1.29 is 9.59 Å². The van der Waals surface area contributed by atoms with Crippen LogP contribution in [0.25, 0.3) is 0 Å². The van der Waals surface area contributed by atoms with Gasteiger partial charge in [-0.3, -0.25) is 4.79 Å². The number of urea groups is 1. The highest BCUT2D eigenvalue weighted by atomic mass is 16.2. The Labute approximate surface area is 80.5 Å². The molecule has 0 radical (unpaired) electrons. The first-order chi connectivity index (χ1) is 6.79. The van der Waals surface area contributed by atoms with E-state index in [-0.39, 0.29) is 6.03 Å². The van der Waals surface area contributed by atoms with Crippen LogP contribution in [0.4, 0.5) is 16.2 Å². The lowest BCUT2D eigenvalue weighted by Crippen LogP contribution is -2.33. The van der Waals surface area contributed by atoms with E-state index < -0.39 is 0 Å². The maximum atomic E-state index is 11.0. The molecule has 2 rings (SSSR count). The van der Waals surface area contributed by atoms with Crippen molar-refractivity contribution in [2.45, 2.75) is 6.54 Å². The van der Waals surface area contributed by atoms with Crippen molar-refractivity contribution in [3.63, 3.8) is 0 Å². The molecule has 5 heteroatoms. The lowest BCUT2D eigenvalue weighted by Gasteiger charge is -2.18. The highest BCUT2D eigenvalue weighted by Gasteiger charge is 2.13. The van der Waals surface area contributed by atoms with E-state index in [9.17, 15) is 9.59 Å². The predicted octanol–water partition coefficient (Wildman–Crippen LogP) is 0.890. The van der Waals surface area contributed by atoms with Crippen molar-refractivity contribution in [2.75, 3.05) is 10.6 Å². The van der Waals surface area contributed by atoms with Crippen LogP contribution in [0, 0.1) is 0 Å². The average Bonchev–Trinajstić information content (AvgIpc) is 2.17. The van der Waals surface area contributed by atoms with E-state index in [1.165, 1.54) is 0 Å². The zero-order valence-electron chi connectivity index (χ0n) is 7.33. The fourth-order valence-corrected chi connectivity index (χ4v) is 1.35. The maximum Gasteiger partial charge on any atom is 0.319 e. The zero-order chi connectivity index (χ0) is 9.97. The standard InChI is InChI=1S/C9H9N3O2/c13-5-11-7-2-1-6-4-10-9(14)12-8(6)3-7/h1-3,5H,4H2,(H,11,13)(H2,10,12,14). The van der Waals surface area contributed by atoms with Gasteiger partial charge in [0.15, 0.2) is 0 Å². The van der Waals surface area contributed by atoms with Gasteiger partial charge in [0.25, 0.3) is 0 Å². The van der Waals surface area contributed by atoms with Crippen LogP contribution in [0.3, 0.4) is 0 Å². The Morgan fingerprint density at radius 1 is 1.43 bits per heavy atom. The van der Waals surface area contributed by atoms with E-state index in [4.69, 9.17) is 0 Å². The van der Waals surface area contributed by atoms with Crippen molar-refractivity contribution in [3.8, 4) is 0 Å². The molecule has 0 aromatic heterocycles. The number of hydrogen-bond donors (Lipinski definition) is 3. The smallest absolute Gasteiger partial charge is 0.319 e. The van der Waals surface area contributed by atoms with Crippen molar-refractivity contribution >= 4 is 23.8 Å². The summed E-state index contributed by atoms with van der Waals surface area (Å²) >= 11 is 0. The van der Waals surface area contributed by atoms with Crippen LogP contribution in [-0.4, -0.2) is 12.4 Å². The molecule has 72 valence electrons. The average molecular weight is 191 g/mol. The number of hydrogen-bond acceptors (Lipinski definition) is 2. The highest BCUT2D eigenvalue weighted by Crippen LogP contribution is 2.22. The Morgan fingerprint density at radius 2 is 2.29 bits per heavy atom. The molecular weight excluding hydrogens is 182 g/mol. The number of fused-ring (bicyclic) bond motifs is 1. The first kappa shape index (κ1) is 8.55. The highest BCUT2D eigenvalue weighted by molar-refractivity contribution is 5.93. The molecule has 3 N–H and O–H groups in total. The van der Waals surface area contributed by atoms with Crippen molar-refractivity contribution in [1.29, 1.82) is 0 Å².